The van der Waals surface area contributed by atoms with Gasteiger partial charge in [0, 0.05) is 12.1 Å². The maximum atomic E-state index is 13.6. The van der Waals surface area contributed by atoms with Gasteiger partial charge >= 0.3 is 0 Å². The largest absolute Gasteiger partial charge is 0.494 e. The molecule has 0 aromatic heterocycles. The molecule has 1 atom stereocenters. The molecule has 0 aliphatic carbocycles. The van der Waals surface area contributed by atoms with Crippen LogP contribution in [-0.2, 0) is 6.42 Å². The van der Waals surface area contributed by atoms with Crippen LogP contribution in [0.5, 0.6) is 5.75 Å². The summed E-state index contributed by atoms with van der Waals surface area (Å²) in [5, 5.41) is 0. The van der Waals surface area contributed by atoms with Crippen molar-refractivity contribution in [2.24, 2.45) is 5.73 Å². The number of ether oxygens (including phenoxy) is 1. The van der Waals surface area contributed by atoms with Crippen molar-refractivity contribution in [1.82, 2.24) is 0 Å². The summed E-state index contributed by atoms with van der Waals surface area (Å²) < 4.78 is 44.5. The fraction of sp³-hybridized carbons (Fsp3) is 0.200. The summed E-state index contributed by atoms with van der Waals surface area (Å²) in [7, 11) is 1.35. The molecule has 0 radical (unpaired) electrons. The van der Waals surface area contributed by atoms with Crippen molar-refractivity contribution < 1.29 is 17.9 Å². The molecule has 2 N–H and O–H groups in total. The highest BCUT2D eigenvalue weighted by Crippen LogP contribution is 2.24. The van der Waals surface area contributed by atoms with E-state index in [0.717, 1.165) is 6.07 Å². The van der Waals surface area contributed by atoms with E-state index in [1.165, 1.54) is 37.4 Å². The van der Waals surface area contributed by atoms with Crippen LogP contribution in [0.2, 0.25) is 0 Å². The van der Waals surface area contributed by atoms with Gasteiger partial charge in [-0.25, -0.2) is 13.2 Å². The molecule has 0 bridgehead atoms. The molecule has 0 aliphatic rings. The fourth-order valence-electron chi connectivity index (χ4n) is 1.95. The van der Waals surface area contributed by atoms with Crippen LogP contribution in [0.25, 0.3) is 0 Å². The van der Waals surface area contributed by atoms with Gasteiger partial charge in [0.1, 0.15) is 11.6 Å². The molecule has 0 amide bonds. The van der Waals surface area contributed by atoms with Gasteiger partial charge in [0.2, 0.25) is 0 Å². The Balaban J connectivity index is 2.21. The van der Waals surface area contributed by atoms with Crippen LogP contribution in [0.3, 0.4) is 0 Å². The van der Waals surface area contributed by atoms with E-state index in [1.807, 2.05) is 0 Å². The molecule has 20 heavy (non-hydrogen) atoms. The quantitative estimate of drug-likeness (QED) is 0.932. The van der Waals surface area contributed by atoms with Gasteiger partial charge in [0.25, 0.3) is 0 Å². The van der Waals surface area contributed by atoms with E-state index in [2.05, 4.69) is 0 Å². The van der Waals surface area contributed by atoms with Crippen molar-refractivity contribution in [1.29, 1.82) is 0 Å². The first-order valence-electron chi connectivity index (χ1n) is 6.04. The van der Waals surface area contributed by atoms with Crippen molar-refractivity contribution >= 4 is 0 Å². The lowest BCUT2D eigenvalue weighted by atomic mass is 9.99. The minimum Gasteiger partial charge on any atom is -0.494 e. The van der Waals surface area contributed by atoms with Crippen LogP contribution in [0.15, 0.2) is 36.4 Å². The van der Waals surface area contributed by atoms with Crippen molar-refractivity contribution in [3.8, 4) is 5.75 Å². The minimum atomic E-state index is -0.644. The third-order valence-corrected chi connectivity index (χ3v) is 3.06. The molecular formula is C15H14F3NO. The van der Waals surface area contributed by atoms with Crippen LogP contribution in [0, 0.1) is 17.5 Å². The molecular weight excluding hydrogens is 267 g/mol. The van der Waals surface area contributed by atoms with Gasteiger partial charge in [-0.3, -0.25) is 0 Å². The number of hydrogen-bond acceptors (Lipinski definition) is 2. The lowest BCUT2D eigenvalue weighted by molar-refractivity contribution is 0.385. The molecule has 2 rings (SSSR count). The number of rotatable bonds is 4. The summed E-state index contributed by atoms with van der Waals surface area (Å²) in [6.07, 6.45) is 0.181. The van der Waals surface area contributed by atoms with Gasteiger partial charge in [-0.2, -0.15) is 0 Å². The zero-order chi connectivity index (χ0) is 14.7. The highest BCUT2D eigenvalue weighted by Gasteiger charge is 2.13. The van der Waals surface area contributed by atoms with E-state index in [9.17, 15) is 13.2 Å². The Hall–Kier alpha value is -2.01. The fourth-order valence-corrected chi connectivity index (χ4v) is 1.95. The van der Waals surface area contributed by atoms with Crippen LogP contribution >= 0.6 is 0 Å². The Labute approximate surface area is 115 Å². The van der Waals surface area contributed by atoms with Gasteiger partial charge in [-0.15, -0.1) is 0 Å². The van der Waals surface area contributed by atoms with Gasteiger partial charge in [-0.1, -0.05) is 12.1 Å². The van der Waals surface area contributed by atoms with Crippen molar-refractivity contribution in [3.63, 3.8) is 0 Å². The molecule has 2 aromatic rings. The standard InChI is InChI=1S/C15H14F3NO/c1-20-15-7-10(3-5-12(15)17)14(19)6-9-2-4-11(16)8-13(9)18/h2-5,7-8,14H,6,19H2,1H3. The Kier molecular flexibility index (Phi) is 4.29. The second-order valence-electron chi connectivity index (χ2n) is 4.44. The number of benzene rings is 2. The van der Waals surface area contributed by atoms with Crippen molar-refractivity contribution in [2.45, 2.75) is 12.5 Å². The maximum Gasteiger partial charge on any atom is 0.165 e. The average molecular weight is 281 g/mol. The van der Waals surface area contributed by atoms with Crippen LogP contribution in [0.1, 0.15) is 17.2 Å². The first-order chi connectivity index (χ1) is 9.51. The van der Waals surface area contributed by atoms with E-state index < -0.39 is 23.5 Å². The Morgan fingerprint density at radius 3 is 2.45 bits per heavy atom. The molecule has 0 heterocycles. The van der Waals surface area contributed by atoms with Crippen LogP contribution in [-0.4, -0.2) is 7.11 Å². The third-order valence-electron chi connectivity index (χ3n) is 3.06. The molecule has 2 aromatic carbocycles. The molecule has 2 nitrogen and oxygen atoms in total. The van der Waals surface area contributed by atoms with Crippen LogP contribution in [0.4, 0.5) is 13.2 Å². The number of methoxy groups -OCH3 is 1. The van der Waals surface area contributed by atoms with Gasteiger partial charge < -0.3 is 10.5 Å². The third kappa shape index (κ3) is 3.11. The Bertz CT molecular complexity index is 616. The topological polar surface area (TPSA) is 35.2 Å². The van der Waals surface area contributed by atoms with Gasteiger partial charge in [0.05, 0.1) is 7.11 Å². The summed E-state index contributed by atoms with van der Waals surface area (Å²) in [4.78, 5) is 0. The average Bonchev–Trinajstić information content (AvgIpc) is 2.42. The second-order valence-corrected chi connectivity index (χ2v) is 4.44. The van der Waals surface area contributed by atoms with Crippen molar-refractivity contribution in [3.05, 3.63) is 65.0 Å². The molecule has 0 saturated carbocycles. The predicted molar refractivity (Wildman–Crippen MR) is 69.9 cm³/mol. The highest BCUT2D eigenvalue weighted by atomic mass is 19.1. The zero-order valence-electron chi connectivity index (χ0n) is 10.9. The van der Waals surface area contributed by atoms with E-state index in [0.29, 0.717) is 11.1 Å². The predicted octanol–water partition coefficient (Wildman–Crippen LogP) is 3.36. The summed E-state index contributed by atoms with van der Waals surface area (Å²) in [6.45, 7) is 0. The lowest BCUT2D eigenvalue weighted by Crippen LogP contribution is -2.14. The molecule has 0 fully saturated rings. The first kappa shape index (κ1) is 14.4. The number of hydrogen-bond donors (Lipinski definition) is 1. The Morgan fingerprint density at radius 2 is 1.80 bits per heavy atom. The number of nitrogens with two attached hydrogens (primary N) is 1. The summed E-state index contributed by atoms with van der Waals surface area (Å²) in [5.74, 6) is -1.69. The normalized spacial score (nSPS) is 12.2. The summed E-state index contributed by atoms with van der Waals surface area (Å²) in [6, 6.07) is 7.04. The Morgan fingerprint density at radius 1 is 1.05 bits per heavy atom. The van der Waals surface area contributed by atoms with E-state index in [4.69, 9.17) is 10.5 Å². The van der Waals surface area contributed by atoms with Gasteiger partial charge in [0.15, 0.2) is 11.6 Å². The van der Waals surface area contributed by atoms with Crippen LogP contribution < -0.4 is 10.5 Å². The summed E-state index contributed by atoms with van der Waals surface area (Å²) >= 11 is 0. The monoisotopic (exact) mass is 281 g/mol. The second kappa shape index (κ2) is 5.96. The minimum absolute atomic E-state index is 0.0810. The van der Waals surface area contributed by atoms with Crippen molar-refractivity contribution in [2.75, 3.05) is 7.11 Å². The lowest BCUT2D eigenvalue weighted by Gasteiger charge is -2.14. The molecule has 1 unspecified atom stereocenters. The SMILES string of the molecule is COc1cc(C(N)Cc2ccc(F)cc2F)ccc1F. The smallest absolute Gasteiger partial charge is 0.165 e. The molecule has 106 valence electrons. The maximum absolute atomic E-state index is 13.6. The molecule has 5 heteroatoms. The zero-order valence-corrected chi connectivity index (χ0v) is 10.9. The highest BCUT2D eigenvalue weighted by molar-refractivity contribution is 5.33. The van der Waals surface area contributed by atoms with E-state index >= 15 is 0 Å². The summed E-state index contributed by atoms with van der Waals surface area (Å²) in [5.41, 5.74) is 6.89. The molecule has 0 aliphatic heterocycles. The van der Waals surface area contributed by atoms with E-state index in [-0.39, 0.29) is 12.2 Å². The first-order valence-corrected chi connectivity index (χ1v) is 6.04. The number of halogens is 3. The van der Waals surface area contributed by atoms with Gasteiger partial charge in [-0.05, 0) is 35.7 Å². The molecule has 0 saturated heterocycles. The van der Waals surface area contributed by atoms with E-state index in [1.54, 1.807) is 0 Å². The molecule has 0 spiro atoms.